The first-order chi connectivity index (χ1) is 9.99. The van der Waals surface area contributed by atoms with Crippen LogP contribution in [0.1, 0.15) is 39.2 Å². The number of nitro groups is 1. The van der Waals surface area contributed by atoms with E-state index in [1.807, 2.05) is 19.1 Å². The van der Waals surface area contributed by atoms with Gasteiger partial charge in [0.15, 0.2) is 0 Å². The number of anilines is 1. The molecule has 0 radical (unpaired) electrons. The molecule has 21 heavy (non-hydrogen) atoms. The lowest BCUT2D eigenvalue weighted by Crippen LogP contribution is -2.20. The summed E-state index contributed by atoms with van der Waals surface area (Å²) in [5, 5.41) is 14.5. The third-order valence-electron chi connectivity index (χ3n) is 4.14. The molecule has 0 aliphatic heterocycles. The van der Waals surface area contributed by atoms with Gasteiger partial charge in [0, 0.05) is 23.9 Å². The van der Waals surface area contributed by atoms with Crippen molar-refractivity contribution in [1.29, 1.82) is 0 Å². The fourth-order valence-electron chi connectivity index (χ4n) is 3.25. The fraction of sp³-hybridized carbons (Fsp3) is 0.529. The minimum Gasteiger partial charge on any atom is -0.385 e. The van der Waals surface area contributed by atoms with Gasteiger partial charge in [-0.2, -0.15) is 0 Å². The molecule has 0 saturated heterocycles. The van der Waals surface area contributed by atoms with Gasteiger partial charge in [-0.25, -0.2) is 0 Å². The van der Waals surface area contributed by atoms with E-state index in [2.05, 4.69) is 25.2 Å². The van der Waals surface area contributed by atoms with E-state index in [1.54, 1.807) is 6.07 Å². The molecule has 4 heteroatoms. The summed E-state index contributed by atoms with van der Waals surface area (Å²) in [4.78, 5) is 10.8. The quantitative estimate of drug-likeness (QED) is 0.491. The average molecular weight is 288 g/mol. The van der Waals surface area contributed by atoms with Crippen LogP contribution in [0.15, 0.2) is 29.8 Å². The lowest BCUT2D eigenvalue weighted by atomic mass is 9.84. The first-order valence-electron chi connectivity index (χ1n) is 7.68. The molecule has 2 atom stereocenters. The van der Waals surface area contributed by atoms with Crippen molar-refractivity contribution in [2.75, 3.05) is 11.9 Å². The number of hydrogen-bond donors (Lipinski definition) is 1. The fourth-order valence-corrected chi connectivity index (χ4v) is 3.25. The lowest BCUT2D eigenvalue weighted by molar-refractivity contribution is -0.385. The van der Waals surface area contributed by atoms with Crippen LogP contribution in [0, 0.1) is 22.0 Å². The van der Waals surface area contributed by atoms with Gasteiger partial charge in [0.25, 0.3) is 5.69 Å². The summed E-state index contributed by atoms with van der Waals surface area (Å²) in [7, 11) is 0. The van der Waals surface area contributed by atoms with Crippen LogP contribution in [0.3, 0.4) is 0 Å². The normalized spacial score (nSPS) is 21.8. The van der Waals surface area contributed by atoms with Crippen molar-refractivity contribution in [3.05, 3.63) is 45.5 Å². The molecule has 1 aromatic rings. The highest BCUT2D eigenvalue weighted by Gasteiger charge is 2.18. The highest BCUT2D eigenvalue weighted by atomic mass is 16.6. The number of benzene rings is 1. The predicted molar refractivity (Wildman–Crippen MR) is 86.6 cm³/mol. The second-order valence-electron chi connectivity index (χ2n) is 6.13. The Kier molecular flexibility index (Phi) is 4.99. The van der Waals surface area contributed by atoms with Crippen LogP contribution in [0.2, 0.25) is 0 Å². The van der Waals surface area contributed by atoms with Crippen LogP contribution < -0.4 is 5.32 Å². The number of rotatable bonds is 5. The van der Waals surface area contributed by atoms with Crippen molar-refractivity contribution >= 4 is 11.4 Å². The summed E-state index contributed by atoms with van der Waals surface area (Å²) < 4.78 is 0. The average Bonchev–Trinajstić information content (AvgIpc) is 2.43. The minimum atomic E-state index is -0.292. The molecule has 2 rings (SSSR count). The number of aryl methyl sites for hydroxylation is 1. The summed E-state index contributed by atoms with van der Waals surface area (Å²) >= 11 is 0. The van der Waals surface area contributed by atoms with Crippen LogP contribution in [0.4, 0.5) is 11.4 Å². The molecule has 0 bridgehead atoms. The van der Waals surface area contributed by atoms with Gasteiger partial charge in [0.05, 0.1) is 4.92 Å². The molecule has 0 spiro atoms. The zero-order valence-electron chi connectivity index (χ0n) is 13.1. The smallest absolute Gasteiger partial charge is 0.274 e. The van der Waals surface area contributed by atoms with Gasteiger partial charge in [-0.05, 0) is 44.1 Å². The van der Waals surface area contributed by atoms with E-state index >= 15 is 0 Å². The first-order valence-corrected chi connectivity index (χ1v) is 7.68. The van der Waals surface area contributed by atoms with Gasteiger partial charge in [-0.3, -0.25) is 10.1 Å². The maximum absolute atomic E-state index is 11.1. The Bertz CT molecular complexity index is 552. The maximum atomic E-state index is 11.1. The van der Waals surface area contributed by atoms with Crippen molar-refractivity contribution in [2.45, 2.75) is 40.0 Å². The van der Waals surface area contributed by atoms with E-state index < -0.39 is 0 Å². The molecular formula is C17H24N2O2. The summed E-state index contributed by atoms with van der Waals surface area (Å²) in [6.07, 6.45) is 5.32. The monoisotopic (exact) mass is 288 g/mol. The summed E-state index contributed by atoms with van der Waals surface area (Å²) in [6, 6.07) is 5.46. The molecule has 1 aromatic carbocycles. The Balaban J connectivity index is 2.02. The van der Waals surface area contributed by atoms with Crippen LogP contribution in [0.25, 0.3) is 0 Å². The van der Waals surface area contributed by atoms with Gasteiger partial charge in [-0.1, -0.05) is 31.6 Å². The Morgan fingerprint density at radius 1 is 1.43 bits per heavy atom. The molecule has 4 nitrogen and oxygen atoms in total. The van der Waals surface area contributed by atoms with Crippen molar-refractivity contribution in [3.8, 4) is 0 Å². The maximum Gasteiger partial charge on any atom is 0.274 e. The van der Waals surface area contributed by atoms with E-state index in [9.17, 15) is 10.1 Å². The number of nitro benzene ring substituents is 1. The number of hydrogen-bond acceptors (Lipinski definition) is 3. The molecular weight excluding hydrogens is 264 g/mol. The molecule has 0 amide bonds. The largest absolute Gasteiger partial charge is 0.385 e. The van der Waals surface area contributed by atoms with Crippen LogP contribution in [0.5, 0.6) is 0 Å². The minimum absolute atomic E-state index is 0.218. The second kappa shape index (κ2) is 6.74. The van der Waals surface area contributed by atoms with E-state index in [-0.39, 0.29) is 10.6 Å². The number of allylic oxidation sites excluding steroid dienone is 2. The van der Waals surface area contributed by atoms with Gasteiger partial charge < -0.3 is 5.32 Å². The lowest BCUT2D eigenvalue weighted by Gasteiger charge is -2.26. The third-order valence-corrected chi connectivity index (χ3v) is 4.14. The molecule has 114 valence electrons. The Labute approximate surface area is 126 Å². The second-order valence-corrected chi connectivity index (χ2v) is 6.13. The number of nitrogens with zero attached hydrogens (tertiary/aromatic N) is 1. The topological polar surface area (TPSA) is 55.2 Å². The van der Waals surface area contributed by atoms with Crippen molar-refractivity contribution < 1.29 is 4.92 Å². The molecule has 1 N–H and O–H groups in total. The molecule has 0 aromatic heterocycles. The SMILES string of the molecule is CCc1ccc(NCC2CC(C)=CC(C)C2)cc1[N+](=O)[O-]. The molecule has 1 aliphatic carbocycles. The highest BCUT2D eigenvalue weighted by molar-refractivity contribution is 5.55. The van der Waals surface area contributed by atoms with E-state index in [0.717, 1.165) is 24.2 Å². The van der Waals surface area contributed by atoms with Crippen LogP contribution in [-0.4, -0.2) is 11.5 Å². The summed E-state index contributed by atoms with van der Waals surface area (Å²) in [5.74, 6) is 1.23. The summed E-state index contributed by atoms with van der Waals surface area (Å²) in [5.41, 5.74) is 3.30. The van der Waals surface area contributed by atoms with E-state index in [0.29, 0.717) is 18.3 Å². The van der Waals surface area contributed by atoms with E-state index in [1.165, 1.54) is 12.0 Å². The third kappa shape index (κ3) is 4.06. The molecule has 0 fully saturated rings. The van der Waals surface area contributed by atoms with Crippen molar-refractivity contribution in [2.24, 2.45) is 11.8 Å². The number of nitrogens with one attached hydrogen (secondary N) is 1. The van der Waals surface area contributed by atoms with Gasteiger partial charge >= 0.3 is 0 Å². The van der Waals surface area contributed by atoms with Crippen molar-refractivity contribution in [3.63, 3.8) is 0 Å². The first kappa shape index (κ1) is 15.5. The van der Waals surface area contributed by atoms with Crippen LogP contribution in [-0.2, 0) is 6.42 Å². The molecule has 0 saturated carbocycles. The van der Waals surface area contributed by atoms with Gasteiger partial charge in [0.1, 0.15) is 0 Å². The van der Waals surface area contributed by atoms with Crippen molar-refractivity contribution in [1.82, 2.24) is 0 Å². The Hall–Kier alpha value is -1.84. The highest BCUT2D eigenvalue weighted by Crippen LogP contribution is 2.29. The zero-order valence-corrected chi connectivity index (χ0v) is 13.1. The molecule has 1 aliphatic rings. The molecule has 0 heterocycles. The summed E-state index contributed by atoms with van der Waals surface area (Å²) in [6.45, 7) is 7.24. The van der Waals surface area contributed by atoms with Crippen LogP contribution >= 0.6 is 0 Å². The standard InChI is InChI=1S/C17H24N2O2/c1-4-15-5-6-16(10-17(15)19(20)21)18-11-14-8-12(2)7-13(3)9-14/h5-7,10,12,14,18H,4,8-9,11H2,1-3H3. The van der Waals surface area contributed by atoms with Gasteiger partial charge in [-0.15, -0.1) is 0 Å². The predicted octanol–water partition coefficient (Wildman–Crippen LogP) is 4.56. The van der Waals surface area contributed by atoms with E-state index in [4.69, 9.17) is 0 Å². The van der Waals surface area contributed by atoms with Gasteiger partial charge in [0.2, 0.25) is 0 Å². The molecule has 2 unspecified atom stereocenters. The zero-order chi connectivity index (χ0) is 15.4. The Morgan fingerprint density at radius 2 is 2.19 bits per heavy atom. The Morgan fingerprint density at radius 3 is 2.81 bits per heavy atom.